The van der Waals surface area contributed by atoms with Gasteiger partial charge in [-0.1, -0.05) is 24.3 Å². The van der Waals surface area contributed by atoms with Gasteiger partial charge in [0.2, 0.25) is 10.0 Å². The Balaban J connectivity index is 2.56. The van der Waals surface area contributed by atoms with Crippen LogP contribution in [0.25, 0.3) is 11.1 Å². The van der Waals surface area contributed by atoms with Crippen LogP contribution in [0.2, 0.25) is 0 Å². The summed E-state index contributed by atoms with van der Waals surface area (Å²) in [6, 6.07) is 13.9. The van der Waals surface area contributed by atoms with Crippen molar-refractivity contribution in [3.8, 4) is 16.9 Å². The minimum atomic E-state index is -3.48. The molecule has 0 saturated carbocycles. The van der Waals surface area contributed by atoms with Gasteiger partial charge in [-0.05, 0) is 36.9 Å². The molecule has 2 N–H and O–H groups in total. The Hall–Kier alpha value is -1.85. The second-order valence-electron chi connectivity index (χ2n) is 3.68. The Labute approximate surface area is 106 Å². The summed E-state index contributed by atoms with van der Waals surface area (Å²) in [6.07, 6.45) is 0. The molecular formula is C13H12NO3S. The Morgan fingerprint density at radius 2 is 2.06 bits per heavy atom. The van der Waals surface area contributed by atoms with Gasteiger partial charge < -0.3 is 5.11 Å². The standard InChI is InChI=1S/C13H12NO3S/c1-14-18(16,17)11-6-4-5-10(9-11)12-7-2-3-8-13(12)15/h2,4-9,14-15H,1H3. The Bertz CT molecular complexity index is 665. The lowest BCUT2D eigenvalue weighted by Gasteiger charge is -2.07. The molecule has 0 unspecified atom stereocenters. The van der Waals surface area contributed by atoms with Gasteiger partial charge in [-0.3, -0.25) is 0 Å². The number of phenols is 1. The van der Waals surface area contributed by atoms with Crippen LogP contribution in [0.3, 0.4) is 0 Å². The Morgan fingerprint density at radius 3 is 2.72 bits per heavy atom. The molecular weight excluding hydrogens is 250 g/mol. The average Bonchev–Trinajstić information content (AvgIpc) is 2.39. The molecule has 0 atom stereocenters. The highest BCUT2D eigenvalue weighted by molar-refractivity contribution is 7.89. The number of hydrogen-bond donors (Lipinski definition) is 2. The van der Waals surface area contributed by atoms with Crippen LogP contribution in [0.15, 0.2) is 47.4 Å². The van der Waals surface area contributed by atoms with E-state index in [0.29, 0.717) is 11.1 Å². The van der Waals surface area contributed by atoms with Crippen LogP contribution in [-0.4, -0.2) is 20.6 Å². The maximum atomic E-state index is 11.7. The van der Waals surface area contributed by atoms with Crippen LogP contribution in [0.1, 0.15) is 0 Å². The van der Waals surface area contributed by atoms with E-state index in [4.69, 9.17) is 0 Å². The van der Waals surface area contributed by atoms with Gasteiger partial charge in [0.15, 0.2) is 0 Å². The zero-order chi connectivity index (χ0) is 13.2. The fraction of sp³-hybridized carbons (Fsp3) is 0.0769. The second-order valence-corrected chi connectivity index (χ2v) is 5.57. The molecule has 2 aromatic carbocycles. The molecule has 2 aromatic rings. The number of sulfonamides is 1. The van der Waals surface area contributed by atoms with Crippen molar-refractivity contribution >= 4 is 10.0 Å². The van der Waals surface area contributed by atoms with E-state index in [1.54, 1.807) is 24.3 Å². The third-order valence-corrected chi connectivity index (χ3v) is 3.98. The second kappa shape index (κ2) is 4.80. The van der Waals surface area contributed by atoms with Crippen LogP contribution in [0.4, 0.5) is 0 Å². The SMILES string of the molecule is CNS(=O)(=O)c1cccc(-c2cc[c]cc2O)c1. The largest absolute Gasteiger partial charge is 0.507 e. The summed E-state index contributed by atoms with van der Waals surface area (Å²) in [7, 11) is -2.12. The number of benzene rings is 2. The lowest BCUT2D eigenvalue weighted by molar-refractivity contribution is 0.477. The number of aromatic hydroxyl groups is 1. The zero-order valence-electron chi connectivity index (χ0n) is 9.71. The van der Waals surface area contributed by atoms with Crippen molar-refractivity contribution in [2.24, 2.45) is 0 Å². The van der Waals surface area contributed by atoms with E-state index in [9.17, 15) is 13.5 Å². The van der Waals surface area contributed by atoms with E-state index in [1.165, 1.54) is 25.2 Å². The maximum absolute atomic E-state index is 11.7. The van der Waals surface area contributed by atoms with Crippen LogP contribution < -0.4 is 4.72 Å². The lowest BCUT2D eigenvalue weighted by atomic mass is 10.1. The molecule has 0 aliphatic heterocycles. The molecule has 18 heavy (non-hydrogen) atoms. The highest BCUT2D eigenvalue weighted by Crippen LogP contribution is 2.29. The summed E-state index contributed by atoms with van der Waals surface area (Å²) in [4.78, 5) is 0.162. The van der Waals surface area contributed by atoms with Gasteiger partial charge in [0.25, 0.3) is 0 Å². The van der Waals surface area contributed by atoms with Crippen molar-refractivity contribution in [1.82, 2.24) is 4.72 Å². The van der Waals surface area contributed by atoms with Gasteiger partial charge in [0, 0.05) is 5.56 Å². The van der Waals surface area contributed by atoms with Crippen LogP contribution >= 0.6 is 0 Å². The molecule has 0 amide bonds. The molecule has 0 fully saturated rings. The van der Waals surface area contributed by atoms with E-state index in [0.717, 1.165) is 0 Å². The van der Waals surface area contributed by atoms with Crippen molar-refractivity contribution in [1.29, 1.82) is 0 Å². The quantitative estimate of drug-likeness (QED) is 0.886. The average molecular weight is 262 g/mol. The summed E-state index contributed by atoms with van der Waals surface area (Å²) >= 11 is 0. The van der Waals surface area contributed by atoms with Gasteiger partial charge in [-0.25, -0.2) is 13.1 Å². The monoisotopic (exact) mass is 262 g/mol. The smallest absolute Gasteiger partial charge is 0.240 e. The van der Waals surface area contributed by atoms with Gasteiger partial charge >= 0.3 is 0 Å². The zero-order valence-corrected chi connectivity index (χ0v) is 10.5. The molecule has 0 bridgehead atoms. The molecule has 0 heterocycles. The molecule has 0 aliphatic carbocycles. The maximum Gasteiger partial charge on any atom is 0.240 e. The van der Waals surface area contributed by atoms with Gasteiger partial charge in [-0.15, -0.1) is 0 Å². The van der Waals surface area contributed by atoms with Crippen molar-refractivity contribution < 1.29 is 13.5 Å². The number of hydrogen-bond acceptors (Lipinski definition) is 3. The minimum absolute atomic E-state index is 0.0662. The topological polar surface area (TPSA) is 66.4 Å². The predicted molar refractivity (Wildman–Crippen MR) is 68.6 cm³/mol. The Morgan fingerprint density at radius 1 is 1.28 bits per heavy atom. The molecule has 5 heteroatoms. The van der Waals surface area contributed by atoms with Crippen LogP contribution in [-0.2, 0) is 10.0 Å². The Kier molecular flexibility index (Phi) is 3.36. The molecule has 0 spiro atoms. The minimum Gasteiger partial charge on any atom is -0.507 e. The van der Waals surface area contributed by atoms with Crippen molar-refractivity contribution in [2.45, 2.75) is 4.90 Å². The molecule has 0 aliphatic rings. The summed E-state index contributed by atoms with van der Waals surface area (Å²) in [5, 5.41) is 9.72. The van der Waals surface area contributed by atoms with E-state index in [-0.39, 0.29) is 10.6 Å². The summed E-state index contributed by atoms with van der Waals surface area (Å²) in [5.41, 5.74) is 1.21. The number of rotatable bonds is 3. The van der Waals surface area contributed by atoms with Crippen LogP contribution in [0, 0.1) is 6.07 Å². The molecule has 2 rings (SSSR count). The first-order valence-corrected chi connectivity index (χ1v) is 6.76. The molecule has 0 saturated heterocycles. The van der Waals surface area contributed by atoms with Gasteiger partial charge in [0.1, 0.15) is 5.75 Å². The molecule has 93 valence electrons. The fourth-order valence-corrected chi connectivity index (χ4v) is 2.39. The van der Waals surface area contributed by atoms with Gasteiger partial charge in [0.05, 0.1) is 4.90 Å². The first-order chi connectivity index (χ1) is 8.54. The van der Waals surface area contributed by atoms with Crippen molar-refractivity contribution in [3.05, 3.63) is 48.5 Å². The van der Waals surface area contributed by atoms with Crippen LogP contribution in [0.5, 0.6) is 5.75 Å². The molecule has 4 nitrogen and oxygen atoms in total. The van der Waals surface area contributed by atoms with E-state index >= 15 is 0 Å². The van der Waals surface area contributed by atoms with E-state index in [2.05, 4.69) is 10.8 Å². The summed E-state index contributed by atoms with van der Waals surface area (Å²) in [6.45, 7) is 0. The summed E-state index contributed by atoms with van der Waals surface area (Å²) in [5.74, 6) is 0.0662. The third kappa shape index (κ3) is 2.37. The normalized spacial score (nSPS) is 11.4. The van der Waals surface area contributed by atoms with E-state index in [1.807, 2.05) is 0 Å². The van der Waals surface area contributed by atoms with E-state index < -0.39 is 10.0 Å². The van der Waals surface area contributed by atoms with Crippen molar-refractivity contribution in [3.63, 3.8) is 0 Å². The number of phenolic OH excluding ortho intramolecular Hbond substituents is 1. The fourth-order valence-electron chi connectivity index (χ4n) is 1.61. The first-order valence-electron chi connectivity index (χ1n) is 5.27. The molecule has 1 radical (unpaired) electrons. The number of nitrogens with one attached hydrogen (secondary N) is 1. The van der Waals surface area contributed by atoms with Gasteiger partial charge in [-0.2, -0.15) is 0 Å². The highest BCUT2D eigenvalue weighted by Gasteiger charge is 2.12. The third-order valence-electron chi connectivity index (χ3n) is 2.57. The summed E-state index contributed by atoms with van der Waals surface area (Å²) < 4.78 is 25.6. The highest BCUT2D eigenvalue weighted by atomic mass is 32.2. The molecule has 0 aromatic heterocycles. The lowest BCUT2D eigenvalue weighted by Crippen LogP contribution is -2.18. The predicted octanol–water partition coefficient (Wildman–Crippen LogP) is 1.77. The first kappa shape index (κ1) is 12.6. The van der Waals surface area contributed by atoms with Crippen molar-refractivity contribution in [2.75, 3.05) is 7.05 Å².